The Morgan fingerprint density at radius 3 is 0.664 bits per heavy atom. The monoisotopic (exact) mass is 1560 g/mol. The van der Waals surface area contributed by atoms with Gasteiger partial charge in [-0.2, -0.15) is 0 Å². The normalized spacial score (nSPS) is 14.1. The molecule has 0 aromatic heterocycles. The van der Waals surface area contributed by atoms with Crippen LogP contribution in [0.3, 0.4) is 0 Å². The lowest BCUT2D eigenvalue weighted by Crippen LogP contribution is -2.30. The number of hydrogen-bond acceptors (Lipinski definition) is 15. The molecule has 107 heavy (non-hydrogen) atoms. The molecule has 19 heteroatoms. The third-order valence-corrected chi connectivity index (χ3v) is 22.8. The summed E-state index contributed by atoms with van der Waals surface area (Å²) in [5.41, 5.74) is 0. The Kier molecular flexibility index (Phi) is 75.3. The number of aliphatic hydroxyl groups is 1. The van der Waals surface area contributed by atoms with E-state index in [4.69, 9.17) is 37.0 Å². The molecule has 636 valence electrons. The Bertz CT molecular complexity index is 2080. The van der Waals surface area contributed by atoms with E-state index in [0.29, 0.717) is 25.7 Å². The molecular formula is C88H172O17P2. The zero-order chi connectivity index (χ0) is 78.8. The molecule has 0 aliphatic rings. The van der Waals surface area contributed by atoms with Crippen molar-refractivity contribution in [1.29, 1.82) is 0 Å². The summed E-state index contributed by atoms with van der Waals surface area (Å²) in [6.07, 6.45) is 66.6. The van der Waals surface area contributed by atoms with Crippen LogP contribution >= 0.6 is 15.6 Å². The van der Waals surface area contributed by atoms with Gasteiger partial charge in [0.2, 0.25) is 0 Å². The smallest absolute Gasteiger partial charge is 0.462 e. The van der Waals surface area contributed by atoms with Crippen LogP contribution in [0, 0.1) is 23.7 Å². The largest absolute Gasteiger partial charge is 0.472 e. The second-order valence-electron chi connectivity index (χ2n) is 33.3. The van der Waals surface area contributed by atoms with Gasteiger partial charge >= 0.3 is 39.5 Å². The van der Waals surface area contributed by atoms with E-state index in [-0.39, 0.29) is 25.7 Å². The Morgan fingerprint density at radius 2 is 0.449 bits per heavy atom. The first kappa shape index (κ1) is 105. The van der Waals surface area contributed by atoms with E-state index in [1.54, 1.807) is 0 Å². The van der Waals surface area contributed by atoms with E-state index in [1.807, 2.05) is 0 Å². The SMILES string of the molecule is CCC(C)CCCCCCCCCCC(=O)OC[C@H](COP(=O)(O)OC[C@H](O)COP(=O)(O)OC[C@@H](COC(=O)CCCCCCCCCCCCCCCCCC(C)C)OC(=O)CCCCCCCCCCCCCCCCCCCCC(C)C)OC(=O)CCCCCCCCCCCCCCCC(C)C. The molecule has 0 spiro atoms. The molecule has 3 N–H and O–H groups in total. The molecule has 0 amide bonds. The van der Waals surface area contributed by atoms with Crippen molar-refractivity contribution in [3.05, 3.63) is 0 Å². The highest BCUT2D eigenvalue weighted by Crippen LogP contribution is 2.45. The van der Waals surface area contributed by atoms with E-state index >= 15 is 0 Å². The summed E-state index contributed by atoms with van der Waals surface area (Å²) in [7, 11) is -9.93. The summed E-state index contributed by atoms with van der Waals surface area (Å²) in [5, 5.41) is 10.7. The Labute approximate surface area is 658 Å². The predicted molar refractivity (Wildman–Crippen MR) is 441 cm³/mol. The van der Waals surface area contributed by atoms with E-state index in [0.717, 1.165) is 114 Å². The molecule has 0 heterocycles. The van der Waals surface area contributed by atoms with Crippen molar-refractivity contribution >= 4 is 39.5 Å². The number of unbranched alkanes of at least 4 members (excludes halogenated alkanes) is 50. The minimum atomic E-state index is -4.97. The fraction of sp³-hybridized carbons (Fsp3) is 0.955. The summed E-state index contributed by atoms with van der Waals surface area (Å²) < 4.78 is 69.0. The standard InChI is InChI=1S/C88H172O17P2/c1-9-81(8)67-59-51-43-38-39-45-53-61-69-86(91)99-75-84(105-88(93)71-63-55-47-37-31-25-19-22-28-34-42-50-58-66-80(6)7)77-103-107(96,97)101-73-82(89)72-100-106(94,95)102-76-83(74-98-85(90)68-60-52-44-35-29-23-18-14-16-21-27-33-41-49-57-65-79(4)5)104-87(92)70-62-54-46-36-30-24-17-13-11-10-12-15-20-26-32-40-48-56-64-78(2)3/h78-84,89H,9-77H2,1-8H3,(H,94,95)(H,96,97)/t81?,82-,83-,84-/m1/s1. The number of phosphoric ester groups is 2. The molecule has 0 saturated heterocycles. The van der Waals surface area contributed by atoms with Crippen LogP contribution in [0.25, 0.3) is 0 Å². The van der Waals surface area contributed by atoms with Gasteiger partial charge in [0.05, 0.1) is 26.4 Å². The first-order valence-corrected chi connectivity index (χ1v) is 48.2. The minimum absolute atomic E-state index is 0.107. The van der Waals surface area contributed by atoms with Crippen molar-refractivity contribution < 1.29 is 80.2 Å². The van der Waals surface area contributed by atoms with Crippen molar-refractivity contribution in [3.63, 3.8) is 0 Å². The van der Waals surface area contributed by atoms with Crippen LogP contribution in [0.5, 0.6) is 0 Å². The topological polar surface area (TPSA) is 237 Å². The Morgan fingerprint density at radius 1 is 0.262 bits per heavy atom. The van der Waals surface area contributed by atoms with Gasteiger partial charge in [-0.25, -0.2) is 9.13 Å². The van der Waals surface area contributed by atoms with E-state index in [2.05, 4.69) is 55.4 Å². The van der Waals surface area contributed by atoms with Gasteiger partial charge in [-0.15, -0.1) is 0 Å². The number of aliphatic hydroxyl groups excluding tert-OH is 1. The maximum Gasteiger partial charge on any atom is 0.472 e. The Hall–Kier alpha value is -1.94. The molecule has 0 fully saturated rings. The number of carbonyl (C=O) groups is 4. The van der Waals surface area contributed by atoms with Crippen LogP contribution in [-0.4, -0.2) is 96.7 Å². The molecule has 0 saturated carbocycles. The molecular weight excluding hydrogens is 1390 g/mol. The van der Waals surface area contributed by atoms with Crippen LogP contribution in [0.2, 0.25) is 0 Å². The van der Waals surface area contributed by atoms with E-state index in [1.165, 1.54) is 263 Å². The second kappa shape index (κ2) is 76.7. The predicted octanol–water partition coefficient (Wildman–Crippen LogP) is 26.7. The summed E-state index contributed by atoms with van der Waals surface area (Å²) in [6, 6.07) is 0. The van der Waals surface area contributed by atoms with Gasteiger partial charge in [0.15, 0.2) is 12.2 Å². The molecule has 0 aromatic rings. The van der Waals surface area contributed by atoms with Gasteiger partial charge in [0.25, 0.3) is 0 Å². The zero-order valence-corrected chi connectivity index (χ0v) is 72.6. The highest BCUT2D eigenvalue weighted by atomic mass is 31.2. The number of phosphoric acid groups is 2. The van der Waals surface area contributed by atoms with Gasteiger partial charge in [0.1, 0.15) is 19.3 Å². The lowest BCUT2D eigenvalue weighted by molar-refractivity contribution is -0.161. The molecule has 0 radical (unpaired) electrons. The molecule has 17 nitrogen and oxygen atoms in total. The van der Waals surface area contributed by atoms with Crippen LogP contribution in [0.1, 0.15) is 460 Å². The molecule has 0 aliphatic carbocycles. The maximum atomic E-state index is 13.2. The Balaban J connectivity index is 5.26. The number of ether oxygens (including phenoxy) is 4. The van der Waals surface area contributed by atoms with Crippen molar-refractivity contribution in [2.24, 2.45) is 23.7 Å². The molecule has 0 aliphatic heterocycles. The summed E-state index contributed by atoms with van der Waals surface area (Å²) in [4.78, 5) is 73.3. The van der Waals surface area contributed by atoms with Crippen LogP contribution in [0.4, 0.5) is 0 Å². The van der Waals surface area contributed by atoms with E-state index in [9.17, 15) is 43.2 Å². The van der Waals surface area contributed by atoms with Crippen LogP contribution in [0.15, 0.2) is 0 Å². The lowest BCUT2D eigenvalue weighted by atomic mass is 9.99. The molecule has 6 atom stereocenters. The highest BCUT2D eigenvalue weighted by Gasteiger charge is 2.31. The van der Waals surface area contributed by atoms with Gasteiger partial charge < -0.3 is 33.8 Å². The maximum absolute atomic E-state index is 13.2. The summed E-state index contributed by atoms with van der Waals surface area (Å²) in [6.45, 7) is 14.4. The van der Waals surface area contributed by atoms with Crippen molar-refractivity contribution in [3.8, 4) is 0 Å². The average molecular weight is 1560 g/mol. The van der Waals surface area contributed by atoms with Crippen LogP contribution in [-0.2, 0) is 65.4 Å². The second-order valence-corrected chi connectivity index (χ2v) is 36.2. The van der Waals surface area contributed by atoms with Gasteiger partial charge in [-0.05, 0) is 49.4 Å². The fourth-order valence-corrected chi connectivity index (χ4v) is 15.2. The number of rotatable bonds is 85. The molecule has 0 bridgehead atoms. The third kappa shape index (κ3) is 80.5. The van der Waals surface area contributed by atoms with Gasteiger partial charge in [-0.3, -0.25) is 37.3 Å². The number of hydrogen-bond donors (Lipinski definition) is 3. The third-order valence-electron chi connectivity index (χ3n) is 20.9. The molecule has 0 aromatic carbocycles. The first-order chi connectivity index (χ1) is 51.6. The number of esters is 4. The first-order valence-electron chi connectivity index (χ1n) is 45.2. The van der Waals surface area contributed by atoms with Crippen molar-refractivity contribution in [2.45, 2.75) is 478 Å². The van der Waals surface area contributed by atoms with E-state index < -0.39 is 97.5 Å². The van der Waals surface area contributed by atoms with Crippen molar-refractivity contribution in [2.75, 3.05) is 39.6 Å². The zero-order valence-electron chi connectivity index (χ0n) is 70.8. The fourth-order valence-electron chi connectivity index (χ4n) is 13.6. The quantitative estimate of drug-likeness (QED) is 0.0222. The van der Waals surface area contributed by atoms with Crippen LogP contribution < -0.4 is 0 Å². The summed E-state index contributed by atoms with van der Waals surface area (Å²) in [5.74, 6) is 1.09. The lowest BCUT2D eigenvalue weighted by Gasteiger charge is -2.21. The van der Waals surface area contributed by atoms with Gasteiger partial charge in [-0.1, -0.05) is 409 Å². The average Bonchev–Trinajstić information content (AvgIpc) is 0.906. The minimum Gasteiger partial charge on any atom is -0.462 e. The highest BCUT2D eigenvalue weighted by molar-refractivity contribution is 7.47. The van der Waals surface area contributed by atoms with Gasteiger partial charge in [0, 0.05) is 25.7 Å². The van der Waals surface area contributed by atoms with Crippen molar-refractivity contribution in [1.82, 2.24) is 0 Å². The molecule has 3 unspecified atom stereocenters. The molecule has 0 rings (SSSR count). The number of carbonyl (C=O) groups excluding carboxylic acids is 4. The summed E-state index contributed by atoms with van der Waals surface area (Å²) >= 11 is 0.